The molecule has 2 nitrogen and oxygen atoms in total. The van der Waals surface area contributed by atoms with Crippen LogP contribution in [0.1, 0.15) is 42.9 Å². The molecule has 1 aliphatic carbocycles. The smallest absolute Gasteiger partial charge is 0.158 e. The molecule has 0 spiro atoms. The van der Waals surface area contributed by atoms with Crippen LogP contribution in [0.15, 0.2) is 18.2 Å². The molecule has 3 rings (SSSR count). The lowest BCUT2D eigenvalue weighted by molar-refractivity contribution is -0.189. The van der Waals surface area contributed by atoms with Crippen LogP contribution in [0, 0.1) is 0 Å². The molecule has 1 aromatic rings. The second-order valence-electron chi connectivity index (χ2n) is 5.10. The Morgan fingerprint density at radius 1 is 1.24 bits per heavy atom. The van der Waals surface area contributed by atoms with Crippen molar-refractivity contribution in [1.29, 1.82) is 0 Å². The highest BCUT2D eigenvalue weighted by Crippen LogP contribution is 2.34. The van der Waals surface area contributed by atoms with Gasteiger partial charge in [0, 0.05) is 6.61 Å². The summed E-state index contributed by atoms with van der Waals surface area (Å²) in [6.07, 6.45) is 6.02. The second kappa shape index (κ2) is 4.83. The minimum atomic E-state index is 0.0280. The predicted octanol–water partition coefficient (Wildman–Crippen LogP) is 1.48. The third-order valence-electron chi connectivity index (χ3n) is 3.90. The van der Waals surface area contributed by atoms with E-state index in [2.05, 4.69) is 26.0 Å². The van der Waals surface area contributed by atoms with E-state index in [-0.39, 0.29) is 12.4 Å². The minimum absolute atomic E-state index is 0.0280. The lowest BCUT2D eigenvalue weighted by Crippen LogP contribution is -2.24. The Morgan fingerprint density at radius 3 is 3.00 bits per heavy atom. The molecular weight excluding hydrogens is 211 g/mol. The Bertz CT molecular complexity index is 399. The van der Waals surface area contributed by atoms with Gasteiger partial charge < -0.3 is 9.47 Å². The Morgan fingerprint density at radius 2 is 2.18 bits per heavy atom. The van der Waals surface area contributed by atoms with Crippen LogP contribution in [0.2, 0.25) is 0 Å². The first-order chi connectivity index (χ1) is 8.34. The molecule has 0 saturated carbocycles. The normalized spacial score (nSPS) is 28.0. The molecule has 1 unspecified atom stereocenters. The number of ether oxygens (including phenoxy) is 2. The zero-order valence-corrected chi connectivity index (χ0v) is 10.4. The first kappa shape index (κ1) is 11.3. The van der Waals surface area contributed by atoms with Gasteiger partial charge in [0.05, 0.1) is 6.10 Å². The van der Waals surface area contributed by atoms with Gasteiger partial charge in [-0.15, -0.1) is 0 Å². The van der Waals surface area contributed by atoms with Crippen molar-refractivity contribution in [3.63, 3.8) is 0 Å². The van der Waals surface area contributed by atoms with Gasteiger partial charge in [0.2, 0.25) is 0 Å². The van der Waals surface area contributed by atoms with E-state index in [1.54, 1.807) is 0 Å². The third kappa shape index (κ3) is 2.27. The number of benzene rings is 1. The number of hydrogen-bond donors (Lipinski definition) is 0. The van der Waals surface area contributed by atoms with Gasteiger partial charge in [-0.1, -0.05) is 23.7 Å². The molecule has 1 saturated heterocycles. The van der Waals surface area contributed by atoms with Crippen molar-refractivity contribution in [1.82, 2.24) is 0 Å². The van der Waals surface area contributed by atoms with Crippen molar-refractivity contribution in [2.24, 2.45) is 0 Å². The van der Waals surface area contributed by atoms with Crippen molar-refractivity contribution < 1.29 is 9.47 Å². The van der Waals surface area contributed by atoms with Crippen LogP contribution in [-0.4, -0.2) is 20.7 Å². The van der Waals surface area contributed by atoms with E-state index in [1.165, 1.54) is 29.4 Å². The molecule has 1 heterocycles. The predicted molar refractivity (Wildman–Crippen MR) is 70.4 cm³/mol. The van der Waals surface area contributed by atoms with Crippen LogP contribution in [0.3, 0.4) is 0 Å². The number of rotatable bonds is 2. The van der Waals surface area contributed by atoms with Crippen LogP contribution in [0.5, 0.6) is 0 Å². The SMILES string of the molecule is Bc1cccc2c1CC[C@@H]2OC1CCCCO1. The molecule has 0 radical (unpaired) electrons. The summed E-state index contributed by atoms with van der Waals surface area (Å²) in [7, 11) is 2.19. The summed E-state index contributed by atoms with van der Waals surface area (Å²) in [6, 6.07) is 6.54. The fourth-order valence-corrected chi connectivity index (χ4v) is 2.94. The highest BCUT2D eigenvalue weighted by Gasteiger charge is 2.27. The third-order valence-corrected chi connectivity index (χ3v) is 3.90. The molecule has 0 N–H and O–H groups in total. The molecular formula is C14H19BO2. The fourth-order valence-electron chi connectivity index (χ4n) is 2.94. The van der Waals surface area contributed by atoms with Gasteiger partial charge >= 0.3 is 0 Å². The van der Waals surface area contributed by atoms with Crippen LogP contribution >= 0.6 is 0 Å². The van der Waals surface area contributed by atoms with Crippen molar-refractivity contribution in [2.45, 2.75) is 44.5 Å². The maximum atomic E-state index is 6.11. The molecule has 3 heteroatoms. The van der Waals surface area contributed by atoms with Gasteiger partial charge in [-0.05, 0) is 43.2 Å². The molecule has 0 bridgehead atoms. The summed E-state index contributed by atoms with van der Waals surface area (Å²) in [5.41, 5.74) is 4.28. The van der Waals surface area contributed by atoms with E-state index in [1.807, 2.05) is 0 Å². The maximum absolute atomic E-state index is 6.11. The van der Waals surface area contributed by atoms with Gasteiger partial charge in [-0.25, -0.2) is 0 Å². The zero-order chi connectivity index (χ0) is 11.7. The van der Waals surface area contributed by atoms with E-state index < -0.39 is 0 Å². The average Bonchev–Trinajstić information content (AvgIpc) is 2.76. The van der Waals surface area contributed by atoms with Crippen molar-refractivity contribution >= 4 is 13.3 Å². The minimum Gasteiger partial charge on any atom is -0.353 e. The topological polar surface area (TPSA) is 18.5 Å². The van der Waals surface area contributed by atoms with Gasteiger partial charge in [-0.2, -0.15) is 0 Å². The molecule has 1 aliphatic heterocycles. The summed E-state index contributed by atoms with van der Waals surface area (Å²) in [5, 5.41) is 0. The van der Waals surface area contributed by atoms with E-state index >= 15 is 0 Å². The molecule has 90 valence electrons. The fraction of sp³-hybridized carbons (Fsp3) is 0.571. The first-order valence-corrected chi connectivity index (χ1v) is 6.70. The molecule has 2 atom stereocenters. The largest absolute Gasteiger partial charge is 0.353 e. The summed E-state index contributed by atoms with van der Waals surface area (Å²) < 4.78 is 11.8. The Balaban J connectivity index is 1.72. The molecule has 1 aromatic carbocycles. The van der Waals surface area contributed by atoms with E-state index in [0.29, 0.717) is 0 Å². The van der Waals surface area contributed by atoms with Crippen LogP contribution in [0.25, 0.3) is 0 Å². The van der Waals surface area contributed by atoms with E-state index in [4.69, 9.17) is 9.47 Å². The highest BCUT2D eigenvalue weighted by molar-refractivity contribution is 6.33. The summed E-state index contributed by atoms with van der Waals surface area (Å²) >= 11 is 0. The molecule has 1 fully saturated rings. The summed E-state index contributed by atoms with van der Waals surface area (Å²) in [4.78, 5) is 0. The van der Waals surface area contributed by atoms with Crippen LogP contribution in [0.4, 0.5) is 0 Å². The van der Waals surface area contributed by atoms with Gasteiger partial charge in [-0.3, -0.25) is 0 Å². The van der Waals surface area contributed by atoms with E-state index in [0.717, 1.165) is 25.9 Å². The van der Waals surface area contributed by atoms with E-state index in [9.17, 15) is 0 Å². The monoisotopic (exact) mass is 230 g/mol. The number of hydrogen-bond acceptors (Lipinski definition) is 2. The lowest BCUT2D eigenvalue weighted by Gasteiger charge is -2.26. The lowest BCUT2D eigenvalue weighted by atomic mass is 9.88. The quantitative estimate of drug-likeness (QED) is 0.716. The first-order valence-electron chi connectivity index (χ1n) is 6.70. The van der Waals surface area contributed by atoms with Crippen molar-refractivity contribution in [2.75, 3.05) is 6.61 Å². The van der Waals surface area contributed by atoms with Crippen LogP contribution < -0.4 is 5.46 Å². The summed E-state index contributed by atoms with van der Waals surface area (Å²) in [5.74, 6) is 0. The Hall–Kier alpha value is -0.795. The zero-order valence-electron chi connectivity index (χ0n) is 10.4. The Kier molecular flexibility index (Phi) is 3.21. The maximum Gasteiger partial charge on any atom is 0.158 e. The highest BCUT2D eigenvalue weighted by atomic mass is 16.7. The van der Waals surface area contributed by atoms with Gasteiger partial charge in [0.15, 0.2) is 6.29 Å². The van der Waals surface area contributed by atoms with Gasteiger partial charge in [0.25, 0.3) is 0 Å². The average molecular weight is 230 g/mol. The molecule has 0 aromatic heterocycles. The van der Waals surface area contributed by atoms with Crippen molar-refractivity contribution in [3.05, 3.63) is 29.3 Å². The van der Waals surface area contributed by atoms with Crippen LogP contribution in [-0.2, 0) is 15.9 Å². The Labute approximate surface area is 104 Å². The standard InChI is InChI=1S/C14H19BO2/c15-12-5-3-4-11-10(12)7-8-13(11)17-14-6-1-2-9-16-14/h3-5,13-14H,1-2,6-9,15H2/t13-,14?/m0/s1. The molecule has 17 heavy (non-hydrogen) atoms. The van der Waals surface area contributed by atoms with Gasteiger partial charge in [0.1, 0.15) is 7.85 Å². The molecule has 0 amide bonds. The summed E-state index contributed by atoms with van der Waals surface area (Å²) in [6.45, 7) is 0.859. The van der Waals surface area contributed by atoms with Crippen molar-refractivity contribution in [3.8, 4) is 0 Å². The second-order valence-corrected chi connectivity index (χ2v) is 5.10. The number of fused-ring (bicyclic) bond motifs is 1. The molecule has 2 aliphatic rings.